The Kier molecular flexibility index (Phi) is 3.67. The number of aromatic amines is 1. The second-order valence-corrected chi connectivity index (χ2v) is 4.78. The molecule has 1 N–H and O–H groups in total. The number of para-hydroxylation sites is 2. The molecule has 2 aromatic carbocycles. The fraction of sp³-hybridized carbons (Fsp3) is 0.133. The van der Waals surface area contributed by atoms with E-state index in [0.29, 0.717) is 11.0 Å². The third-order valence-electron chi connectivity index (χ3n) is 3.04. The molecular formula is C15H9F5N2O. The molecule has 0 radical (unpaired) electrons. The molecule has 3 aromatic rings. The van der Waals surface area contributed by atoms with Gasteiger partial charge in [-0.05, 0) is 24.3 Å². The van der Waals surface area contributed by atoms with Gasteiger partial charge in [0.1, 0.15) is 5.82 Å². The van der Waals surface area contributed by atoms with Crippen molar-refractivity contribution in [3.8, 4) is 17.1 Å². The van der Waals surface area contributed by atoms with Crippen LogP contribution in [0.25, 0.3) is 22.4 Å². The molecular weight excluding hydrogens is 319 g/mol. The molecule has 8 heteroatoms. The first-order valence-corrected chi connectivity index (χ1v) is 6.47. The highest BCUT2D eigenvalue weighted by Crippen LogP contribution is 2.30. The number of nitrogens with one attached hydrogen (secondary N) is 1. The highest BCUT2D eigenvalue weighted by atomic mass is 19.4. The molecule has 0 amide bonds. The molecule has 0 bridgehead atoms. The smallest absolute Gasteiger partial charge is 0.422 e. The zero-order valence-electron chi connectivity index (χ0n) is 11.4. The molecule has 23 heavy (non-hydrogen) atoms. The SMILES string of the molecule is Fc1cc(-c2nc3ccccc3[nH]2)cc(F)c1OCC(F)(F)F. The average Bonchev–Trinajstić information content (AvgIpc) is 2.89. The van der Waals surface area contributed by atoms with E-state index in [-0.39, 0.29) is 11.4 Å². The molecule has 0 atom stereocenters. The van der Waals surface area contributed by atoms with Crippen LogP contribution in [0.4, 0.5) is 22.0 Å². The molecule has 0 aliphatic heterocycles. The summed E-state index contributed by atoms with van der Waals surface area (Å²) in [5.41, 5.74) is 1.33. The topological polar surface area (TPSA) is 37.9 Å². The predicted octanol–water partition coefficient (Wildman–Crippen LogP) is 4.45. The zero-order valence-corrected chi connectivity index (χ0v) is 11.4. The van der Waals surface area contributed by atoms with Crippen LogP contribution in [0.15, 0.2) is 36.4 Å². The third kappa shape index (κ3) is 3.25. The Morgan fingerprint density at radius 3 is 2.30 bits per heavy atom. The number of fused-ring (bicyclic) bond motifs is 1. The molecule has 0 spiro atoms. The monoisotopic (exact) mass is 328 g/mol. The molecule has 3 rings (SSSR count). The quantitative estimate of drug-likeness (QED) is 0.721. The van der Waals surface area contributed by atoms with Crippen molar-refractivity contribution in [3.63, 3.8) is 0 Å². The maximum absolute atomic E-state index is 13.9. The van der Waals surface area contributed by atoms with E-state index in [0.717, 1.165) is 12.1 Å². The highest BCUT2D eigenvalue weighted by molar-refractivity contribution is 5.79. The normalized spacial score (nSPS) is 11.9. The maximum Gasteiger partial charge on any atom is 0.422 e. The van der Waals surface area contributed by atoms with Gasteiger partial charge in [-0.1, -0.05) is 12.1 Å². The van der Waals surface area contributed by atoms with Gasteiger partial charge in [-0.3, -0.25) is 0 Å². The molecule has 3 nitrogen and oxygen atoms in total. The predicted molar refractivity (Wildman–Crippen MR) is 73.0 cm³/mol. The van der Waals surface area contributed by atoms with Crippen molar-refractivity contribution >= 4 is 11.0 Å². The second kappa shape index (κ2) is 5.53. The molecule has 120 valence electrons. The van der Waals surface area contributed by atoms with Crippen LogP contribution in [0.1, 0.15) is 0 Å². The van der Waals surface area contributed by atoms with Gasteiger partial charge in [0.2, 0.25) is 0 Å². The van der Waals surface area contributed by atoms with Gasteiger partial charge in [0.25, 0.3) is 0 Å². The van der Waals surface area contributed by atoms with Crippen molar-refractivity contribution in [2.75, 3.05) is 6.61 Å². The number of halogens is 5. The number of hydrogen-bond donors (Lipinski definition) is 1. The van der Waals surface area contributed by atoms with Crippen LogP contribution in [0, 0.1) is 11.6 Å². The first kappa shape index (κ1) is 15.3. The van der Waals surface area contributed by atoms with Crippen molar-refractivity contribution in [2.45, 2.75) is 6.18 Å². The Morgan fingerprint density at radius 2 is 1.70 bits per heavy atom. The molecule has 1 aromatic heterocycles. The lowest BCUT2D eigenvalue weighted by Crippen LogP contribution is -2.20. The largest absolute Gasteiger partial charge is 0.478 e. The van der Waals surface area contributed by atoms with E-state index in [9.17, 15) is 22.0 Å². The van der Waals surface area contributed by atoms with Gasteiger partial charge in [0.15, 0.2) is 24.0 Å². The molecule has 0 saturated heterocycles. The molecule has 0 aliphatic carbocycles. The van der Waals surface area contributed by atoms with Crippen molar-refractivity contribution in [1.82, 2.24) is 9.97 Å². The zero-order chi connectivity index (χ0) is 16.6. The standard InChI is InChI=1S/C15H9F5N2O/c16-9-5-8(6-10(17)13(9)23-7-15(18,19)20)14-21-11-3-1-2-4-12(11)22-14/h1-6H,7H2,(H,21,22). The van der Waals surface area contributed by atoms with Gasteiger partial charge in [-0.25, -0.2) is 13.8 Å². The number of hydrogen-bond acceptors (Lipinski definition) is 2. The van der Waals surface area contributed by atoms with Gasteiger partial charge in [0, 0.05) is 5.56 Å². The van der Waals surface area contributed by atoms with Crippen LogP contribution in [-0.2, 0) is 0 Å². The number of alkyl halides is 3. The fourth-order valence-corrected chi connectivity index (χ4v) is 2.08. The minimum Gasteiger partial charge on any atom is -0.478 e. The highest BCUT2D eigenvalue weighted by Gasteiger charge is 2.30. The van der Waals surface area contributed by atoms with Crippen LogP contribution in [0.3, 0.4) is 0 Å². The summed E-state index contributed by atoms with van der Waals surface area (Å²) in [6, 6.07) is 8.70. The summed E-state index contributed by atoms with van der Waals surface area (Å²) in [5.74, 6) is -3.33. The average molecular weight is 328 g/mol. The molecule has 0 fully saturated rings. The summed E-state index contributed by atoms with van der Waals surface area (Å²) >= 11 is 0. The van der Waals surface area contributed by atoms with Gasteiger partial charge < -0.3 is 9.72 Å². The minimum atomic E-state index is -4.68. The van der Waals surface area contributed by atoms with Gasteiger partial charge in [0.05, 0.1) is 11.0 Å². The first-order chi connectivity index (χ1) is 10.8. The minimum absolute atomic E-state index is 0.0653. The lowest BCUT2D eigenvalue weighted by molar-refractivity contribution is -0.154. The van der Waals surface area contributed by atoms with Gasteiger partial charge in [-0.2, -0.15) is 13.2 Å². The van der Waals surface area contributed by atoms with Crippen LogP contribution in [0.5, 0.6) is 5.75 Å². The van der Waals surface area contributed by atoms with Crippen molar-refractivity contribution in [3.05, 3.63) is 48.0 Å². The Labute approximate surface area is 126 Å². The van der Waals surface area contributed by atoms with E-state index in [1.54, 1.807) is 24.3 Å². The number of imidazole rings is 1. The van der Waals surface area contributed by atoms with E-state index >= 15 is 0 Å². The van der Waals surface area contributed by atoms with Crippen molar-refractivity contribution in [2.24, 2.45) is 0 Å². The lowest BCUT2D eigenvalue weighted by Gasteiger charge is -2.11. The van der Waals surface area contributed by atoms with Crippen LogP contribution >= 0.6 is 0 Å². The number of benzene rings is 2. The van der Waals surface area contributed by atoms with Gasteiger partial charge >= 0.3 is 6.18 Å². The van der Waals surface area contributed by atoms with E-state index in [4.69, 9.17) is 0 Å². The number of nitrogens with zero attached hydrogens (tertiary/aromatic N) is 1. The fourth-order valence-electron chi connectivity index (χ4n) is 2.08. The Bertz CT molecular complexity index is 800. The van der Waals surface area contributed by atoms with E-state index < -0.39 is 30.2 Å². The summed E-state index contributed by atoms with van der Waals surface area (Å²) in [5, 5.41) is 0. The van der Waals surface area contributed by atoms with E-state index in [1.165, 1.54) is 0 Å². The summed E-state index contributed by atoms with van der Waals surface area (Å²) in [6.45, 7) is -1.77. The Hall–Kier alpha value is -2.64. The Balaban J connectivity index is 1.95. The summed E-state index contributed by atoms with van der Waals surface area (Å²) in [7, 11) is 0. The van der Waals surface area contributed by atoms with Crippen molar-refractivity contribution < 1.29 is 26.7 Å². The molecule has 0 unspecified atom stereocenters. The van der Waals surface area contributed by atoms with E-state index in [2.05, 4.69) is 14.7 Å². The second-order valence-electron chi connectivity index (χ2n) is 4.78. The molecule has 0 saturated carbocycles. The number of rotatable bonds is 3. The van der Waals surface area contributed by atoms with E-state index in [1.807, 2.05) is 0 Å². The van der Waals surface area contributed by atoms with Gasteiger partial charge in [-0.15, -0.1) is 0 Å². The van der Waals surface area contributed by atoms with Crippen molar-refractivity contribution in [1.29, 1.82) is 0 Å². The van der Waals surface area contributed by atoms with Crippen LogP contribution in [0.2, 0.25) is 0 Å². The number of aromatic nitrogens is 2. The first-order valence-electron chi connectivity index (χ1n) is 6.47. The molecule has 1 heterocycles. The number of H-pyrrole nitrogens is 1. The lowest BCUT2D eigenvalue weighted by atomic mass is 10.2. The Morgan fingerprint density at radius 1 is 1.04 bits per heavy atom. The maximum atomic E-state index is 13.9. The summed E-state index contributed by atoms with van der Waals surface area (Å²) in [4.78, 5) is 7.05. The third-order valence-corrected chi connectivity index (χ3v) is 3.04. The summed E-state index contributed by atoms with van der Waals surface area (Å²) in [6.07, 6.45) is -4.68. The molecule has 0 aliphatic rings. The number of ether oxygens (including phenoxy) is 1. The van der Waals surface area contributed by atoms with Crippen LogP contribution in [-0.4, -0.2) is 22.8 Å². The summed E-state index contributed by atoms with van der Waals surface area (Å²) < 4.78 is 68.1. The van der Waals surface area contributed by atoms with Crippen LogP contribution < -0.4 is 4.74 Å².